The number of amides is 11. The first-order chi connectivity index (χ1) is 39.7. The molecule has 0 radical (unpaired) electrons. The van der Waals surface area contributed by atoms with E-state index < -0.39 is 161 Å². The van der Waals surface area contributed by atoms with E-state index in [1.165, 1.54) is 92.5 Å². The first kappa shape index (κ1) is 77.9. The number of carbonyl (C=O) groups is 11. The van der Waals surface area contributed by atoms with E-state index in [0.29, 0.717) is 6.42 Å². The molecule has 1 saturated heterocycles. The number of aliphatic hydroxyl groups is 1. The number of nitrogens with zero attached hydrogens (tertiary/aromatic N) is 7. The molecule has 1 aliphatic rings. The average Bonchev–Trinajstić information content (AvgIpc) is 1.38. The smallest absolute Gasteiger partial charge is 0.246 e. The molecule has 13 atom stereocenters. The molecular formula is C63H113N11O12. The van der Waals surface area contributed by atoms with Crippen LogP contribution in [0.3, 0.4) is 0 Å². The largest absolute Gasteiger partial charge is 0.390 e. The van der Waals surface area contributed by atoms with Crippen LogP contribution < -0.4 is 21.3 Å². The minimum Gasteiger partial charge on any atom is -0.390 e. The van der Waals surface area contributed by atoms with E-state index in [0.717, 1.165) is 4.90 Å². The molecule has 11 amide bonds. The Morgan fingerprint density at radius 3 is 1.31 bits per heavy atom. The van der Waals surface area contributed by atoms with Crippen LogP contribution in [0, 0.1) is 41.4 Å². The standard InChI is InChI=1S/C63H113N11O12/c1-26-29-30-40(16)52(75)51-56(79)66-44(27-2)59(82)68(20)43(19)58(81)74(28-3)49(38(12)13)55(78)67-48(37(10)11)62(85)69(21)45(31-34(4)5)54(77)64-41(17)53(76)65-42(18)57(80)70(22)46(32-35(6)7)60(83)71(23)47(33-36(8)9)61(84)72(24)50(39(14)15)63(86)73(51)25/h26,29,34-52,75H,27-28,30-33H2,1-25H3,(H,64,77)(H,65,76)(H,66,79)(H,67,78)/b29-26+/t40-,41+,42-,43-,44+,45+,46+,47+,48+,49+,50?,51+,52-/m1/s1. The molecule has 5 N–H and O–H groups in total. The highest BCUT2D eigenvalue weighted by Gasteiger charge is 2.46. The highest BCUT2D eigenvalue weighted by Crippen LogP contribution is 2.26. The highest BCUT2D eigenvalue weighted by atomic mass is 16.3. The monoisotopic (exact) mass is 1220 g/mol. The lowest BCUT2D eigenvalue weighted by atomic mass is 9.91. The third kappa shape index (κ3) is 20.5. The van der Waals surface area contributed by atoms with Gasteiger partial charge in [0.1, 0.15) is 66.5 Å². The fraction of sp³-hybridized carbons (Fsp3) is 0.794. The SMILES string of the molecule is C/C=C/C[C@@H](C)[C@@H](O)[C@H]1C(=O)N[C@@H](CC)C(=O)N(C)[C@H](C)C(=O)N(CC)[C@@H](C(C)C)C(=O)N[C@@H](C(C)C)C(=O)N(C)[C@@H](CC(C)C)C(=O)N[C@@H](C)C(=O)N[C@H](C)C(=O)N(C)[C@@H](CC(C)C)C(=O)N(C)[C@@H](CC(C)C)C(=O)N(C)C(C(C)C)C(=O)N1C. The van der Waals surface area contributed by atoms with Crippen molar-refractivity contribution in [3.63, 3.8) is 0 Å². The van der Waals surface area contributed by atoms with Gasteiger partial charge in [-0.1, -0.05) is 109 Å². The summed E-state index contributed by atoms with van der Waals surface area (Å²) in [4.78, 5) is 170. The summed E-state index contributed by atoms with van der Waals surface area (Å²) in [5.41, 5.74) is 0. The third-order valence-corrected chi connectivity index (χ3v) is 16.6. The first-order valence-electron chi connectivity index (χ1n) is 31.1. The molecule has 86 heavy (non-hydrogen) atoms. The lowest BCUT2D eigenvalue weighted by Gasteiger charge is -2.41. The lowest BCUT2D eigenvalue weighted by molar-refractivity contribution is -0.157. The maximum Gasteiger partial charge on any atom is 0.246 e. The fourth-order valence-corrected chi connectivity index (χ4v) is 11.1. The summed E-state index contributed by atoms with van der Waals surface area (Å²) in [5, 5.41) is 23.2. The Balaban J connectivity index is 4.39. The summed E-state index contributed by atoms with van der Waals surface area (Å²) in [6, 6.07) is -13.6. The minimum absolute atomic E-state index is 0.0109. The summed E-state index contributed by atoms with van der Waals surface area (Å²) in [5.74, 6) is -10.1. The van der Waals surface area contributed by atoms with Crippen molar-refractivity contribution >= 4 is 65.0 Å². The van der Waals surface area contributed by atoms with Gasteiger partial charge in [0.05, 0.1) is 6.10 Å². The van der Waals surface area contributed by atoms with Gasteiger partial charge in [0, 0.05) is 48.8 Å². The molecule has 0 saturated carbocycles. The van der Waals surface area contributed by atoms with E-state index in [9.17, 15) is 48.3 Å². The van der Waals surface area contributed by atoms with Gasteiger partial charge in [0.25, 0.3) is 0 Å². The molecule has 492 valence electrons. The average molecular weight is 1220 g/mol. The quantitative estimate of drug-likeness (QED) is 0.147. The van der Waals surface area contributed by atoms with Crippen molar-refractivity contribution in [3.8, 4) is 0 Å². The number of nitrogens with one attached hydrogen (secondary N) is 4. The fourth-order valence-electron chi connectivity index (χ4n) is 11.1. The van der Waals surface area contributed by atoms with Crippen LogP contribution in [0.5, 0.6) is 0 Å². The normalized spacial score (nSPS) is 27.6. The lowest BCUT2D eigenvalue weighted by Crippen LogP contribution is -2.64. The number of carbonyl (C=O) groups excluding carboxylic acids is 11. The van der Waals surface area contributed by atoms with Gasteiger partial charge in [0.2, 0.25) is 65.0 Å². The zero-order valence-corrected chi connectivity index (χ0v) is 56.9. The van der Waals surface area contributed by atoms with Gasteiger partial charge < -0.3 is 60.7 Å². The van der Waals surface area contributed by atoms with Crippen LogP contribution in [-0.2, 0) is 52.7 Å². The summed E-state index contributed by atoms with van der Waals surface area (Å²) in [7, 11) is 8.53. The van der Waals surface area contributed by atoms with Crippen LogP contribution in [0.2, 0.25) is 0 Å². The Labute approximate surface area is 515 Å². The molecule has 0 aliphatic carbocycles. The van der Waals surface area contributed by atoms with Gasteiger partial charge in [-0.3, -0.25) is 52.7 Å². The van der Waals surface area contributed by atoms with Crippen molar-refractivity contribution in [1.82, 2.24) is 55.6 Å². The summed E-state index contributed by atoms with van der Waals surface area (Å²) in [6.45, 7) is 32.8. The zero-order valence-electron chi connectivity index (χ0n) is 56.9. The maximum atomic E-state index is 15.2. The van der Waals surface area contributed by atoms with Crippen LogP contribution >= 0.6 is 0 Å². The molecule has 0 bridgehead atoms. The molecule has 1 fully saturated rings. The van der Waals surface area contributed by atoms with Gasteiger partial charge in [0.15, 0.2) is 0 Å². The van der Waals surface area contributed by atoms with E-state index in [-0.39, 0.29) is 50.0 Å². The molecule has 23 heteroatoms. The number of likely N-dealkylation sites (N-methyl/N-ethyl adjacent to an activating group) is 7. The van der Waals surface area contributed by atoms with Crippen LogP contribution in [0.15, 0.2) is 12.2 Å². The molecule has 1 heterocycles. The second-order valence-electron chi connectivity index (χ2n) is 26.2. The molecule has 1 aliphatic heterocycles. The number of hydrogen-bond acceptors (Lipinski definition) is 12. The van der Waals surface area contributed by atoms with Gasteiger partial charge in [-0.15, -0.1) is 0 Å². The van der Waals surface area contributed by atoms with Crippen LogP contribution in [0.25, 0.3) is 0 Å². The minimum atomic E-state index is -1.62. The number of allylic oxidation sites excluding steroid dienone is 2. The predicted octanol–water partition coefficient (Wildman–Crippen LogP) is 3.66. The Morgan fingerprint density at radius 1 is 0.442 bits per heavy atom. The topological polar surface area (TPSA) is 279 Å². The van der Waals surface area contributed by atoms with Crippen molar-refractivity contribution in [2.75, 3.05) is 48.8 Å². The predicted molar refractivity (Wildman–Crippen MR) is 333 cm³/mol. The van der Waals surface area contributed by atoms with E-state index >= 15 is 9.59 Å². The van der Waals surface area contributed by atoms with E-state index in [1.807, 2.05) is 47.6 Å². The molecule has 1 rings (SSSR count). The van der Waals surface area contributed by atoms with E-state index in [2.05, 4.69) is 21.3 Å². The van der Waals surface area contributed by atoms with Gasteiger partial charge >= 0.3 is 0 Å². The molecule has 23 nitrogen and oxygen atoms in total. The molecule has 1 unspecified atom stereocenters. The van der Waals surface area contributed by atoms with Gasteiger partial charge in [-0.05, 0) is 108 Å². The van der Waals surface area contributed by atoms with Crippen LogP contribution in [0.4, 0.5) is 0 Å². The van der Waals surface area contributed by atoms with Crippen molar-refractivity contribution in [1.29, 1.82) is 0 Å². The number of aliphatic hydroxyl groups excluding tert-OH is 1. The molecule has 0 aromatic heterocycles. The maximum absolute atomic E-state index is 15.2. The molecule has 0 spiro atoms. The molecule has 0 aromatic rings. The first-order valence-corrected chi connectivity index (χ1v) is 31.1. The zero-order chi connectivity index (χ0) is 66.8. The van der Waals surface area contributed by atoms with Crippen molar-refractivity contribution in [3.05, 3.63) is 12.2 Å². The number of hydrogen-bond donors (Lipinski definition) is 5. The Kier molecular flexibility index (Phi) is 31.7. The van der Waals surface area contributed by atoms with Crippen molar-refractivity contribution in [2.24, 2.45) is 41.4 Å². The second-order valence-corrected chi connectivity index (χ2v) is 26.2. The van der Waals surface area contributed by atoms with E-state index in [1.54, 1.807) is 75.3 Å². The Hall–Kier alpha value is -6.13. The summed E-state index contributed by atoms with van der Waals surface area (Å²) in [6.07, 6.45) is 2.87. The van der Waals surface area contributed by atoms with E-state index in [4.69, 9.17) is 0 Å². The molecular weight excluding hydrogens is 1100 g/mol. The summed E-state index contributed by atoms with van der Waals surface area (Å²) >= 11 is 0. The molecule has 0 aromatic carbocycles. The third-order valence-electron chi connectivity index (χ3n) is 16.6. The highest BCUT2D eigenvalue weighted by molar-refractivity contribution is 6.00. The Morgan fingerprint density at radius 2 is 0.872 bits per heavy atom. The number of rotatable bonds is 15. The van der Waals surface area contributed by atoms with Crippen molar-refractivity contribution in [2.45, 2.75) is 236 Å². The van der Waals surface area contributed by atoms with Gasteiger partial charge in [-0.2, -0.15) is 0 Å². The van der Waals surface area contributed by atoms with Crippen LogP contribution in [-0.4, -0.2) is 226 Å². The van der Waals surface area contributed by atoms with Crippen LogP contribution in [0.1, 0.15) is 164 Å². The second kappa shape index (κ2) is 35.0. The van der Waals surface area contributed by atoms with Crippen molar-refractivity contribution < 1.29 is 57.8 Å². The Bertz CT molecular complexity index is 2360. The summed E-state index contributed by atoms with van der Waals surface area (Å²) < 4.78 is 0. The van der Waals surface area contributed by atoms with Gasteiger partial charge in [-0.25, -0.2) is 0 Å².